The average Bonchev–Trinajstić information content (AvgIpc) is 2.06. The van der Waals surface area contributed by atoms with E-state index in [1.165, 1.54) is 0 Å². The highest BCUT2D eigenvalue weighted by molar-refractivity contribution is 5.93. The number of benzene rings is 1. The van der Waals surface area contributed by atoms with Crippen LogP contribution in [-0.2, 0) is 6.18 Å². The quantitative estimate of drug-likeness (QED) is 0.566. The molecule has 0 aliphatic rings. The number of hydrogen-bond acceptors (Lipinski definition) is 2. The van der Waals surface area contributed by atoms with E-state index in [2.05, 4.69) is 0 Å². The predicted molar refractivity (Wildman–Crippen MR) is 42.8 cm³/mol. The van der Waals surface area contributed by atoms with Gasteiger partial charge in [0.15, 0.2) is 5.82 Å². The van der Waals surface area contributed by atoms with E-state index in [1.54, 1.807) is 0 Å². The van der Waals surface area contributed by atoms with Crippen molar-refractivity contribution in [1.29, 1.82) is 0 Å². The van der Waals surface area contributed by atoms with Crippen molar-refractivity contribution in [2.24, 2.45) is 0 Å². The number of nitrogen functional groups attached to an aromatic ring is 1. The van der Waals surface area contributed by atoms with Crippen LogP contribution in [0.25, 0.3) is 0 Å². The van der Waals surface area contributed by atoms with Crippen molar-refractivity contribution in [3.8, 4) is 0 Å². The van der Waals surface area contributed by atoms with Crippen molar-refractivity contribution in [3.05, 3.63) is 29.1 Å². The lowest BCUT2D eigenvalue weighted by Gasteiger charge is -2.10. The Labute approximate surface area is 81.1 Å². The van der Waals surface area contributed by atoms with Crippen LogP contribution < -0.4 is 5.73 Å². The van der Waals surface area contributed by atoms with Crippen molar-refractivity contribution >= 4 is 11.7 Å². The number of anilines is 1. The molecule has 0 bridgehead atoms. The highest BCUT2D eigenvalue weighted by Crippen LogP contribution is 2.34. The summed E-state index contributed by atoms with van der Waals surface area (Å²) in [5, 5.41) is 8.46. The lowest BCUT2D eigenvalue weighted by molar-refractivity contribution is -0.139. The zero-order chi connectivity index (χ0) is 11.8. The molecule has 82 valence electrons. The van der Waals surface area contributed by atoms with Gasteiger partial charge in [-0.2, -0.15) is 13.2 Å². The average molecular weight is 223 g/mol. The summed E-state index contributed by atoms with van der Waals surface area (Å²) in [6.45, 7) is 0. The number of alkyl halides is 3. The van der Waals surface area contributed by atoms with Crippen molar-refractivity contribution < 1.29 is 27.5 Å². The highest BCUT2D eigenvalue weighted by Gasteiger charge is 2.35. The van der Waals surface area contributed by atoms with Crippen LogP contribution in [0.4, 0.5) is 23.2 Å². The lowest BCUT2D eigenvalue weighted by Crippen LogP contribution is -2.13. The molecule has 0 aliphatic carbocycles. The number of carboxylic acids is 1. The molecular weight excluding hydrogens is 218 g/mol. The van der Waals surface area contributed by atoms with Gasteiger partial charge in [0.2, 0.25) is 0 Å². The van der Waals surface area contributed by atoms with E-state index in [0.717, 1.165) is 0 Å². The van der Waals surface area contributed by atoms with E-state index in [0.29, 0.717) is 12.1 Å². The normalized spacial score (nSPS) is 11.5. The molecule has 0 saturated carbocycles. The molecule has 0 amide bonds. The molecule has 3 N–H and O–H groups in total. The first-order valence-electron chi connectivity index (χ1n) is 3.63. The van der Waals surface area contributed by atoms with Gasteiger partial charge < -0.3 is 10.8 Å². The molecule has 0 unspecified atom stereocenters. The SMILES string of the molecule is Nc1c(C(=O)O)ccc(C(F)(F)F)c1F. The van der Waals surface area contributed by atoms with Gasteiger partial charge in [0.1, 0.15) is 0 Å². The summed E-state index contributed by atoms with van der Waals surface area (Å²) >= 11 is 0. The Balaban J connectivity index is 3.41. The number of rotatable bonds is 1. The second-order valence-electron chi connectivity index (χ2n) is 2.69. The Bertz CT molecular complexity index is 414. The number of hydrogen-bond donors (Lipinski definition) is 2. The molecule has 0 fully saturated rings. The van der Waals surface area contributed by atoms with Gasteiger partial charge in [0, 0.05) is 0 Å². The standard InChI is InChI=1S/C8H5F4NO2/c9-5-4(8(10,11)12)2-1-3(6(5)13)7(14)15/h1-2H,13H2,(H,14,15). The first-order chi connectivity index (χ1) is 6.75. The second-order valence-corrected chi connectivity index (χ2v) is 2.69. The fraction of sp³-hybridized carbons (Fsp3) is 0.125. The van der Waals surface area contributed by atoms with Crippen LogP contribution in [0.2, 0.25) is 0 Å². The second kappa shape index (κ2) is 3.41. The van der Waals surface area contributed by atoms with Crippen LogP contribution in [0.3, 0.4) is 0 Å². The number of carboxylic acid groups (broad SMARTS) is 1. The summed E-state index contributed by atoms with van der Waals surface area (Å²) in [6, 6.07) is 0.957. The molecule has 0 heterocycles. The van der Waals surface area contributed by atoms with Crippen molar-refractivity contribution in [3.63, 3.8) is 0 Å². The first kappa shape index (κ1) is 11.3. The Morgan fingerprint density at radius 2 is 1.87 bits per heavy atom. The third-order valence-corrected chi connectivity index (χ3v) is 1.72. The monoisotopic (exact) mass is 223 g/mol. The molecule has 3 nitrogen and oxygen atoms in total. The Morgan fingerprint density at radius 1 is 1.33 bits per heavy atom. The smallest absolute Gasteiger partial charge is 0.419 e. The molecule has 0 radical (unpaired) electrons. The molecule has 1 rings (SSSR count). The maximum absolute atomic E-state index is 13.0. The van der Waals surface area contributed by atoms with Gasteiger partial charge in [-0.05, 0) is 12.1 Å². The number of aromatic carboxylic acids is 1. The van der Waals surface area contributed by atoms with E-state index < -0.39 is 34.8 Å². The van der Waals surface area contributed by atoms with Gasteiger partial charge in [-0.3, -0.25) is 0 Å². The number of carbonyl (C=O) groups is 1. The fourth-order valence-corrected chi connectivity index (χ4v) is 0.998. The summed E-state index contributed by atoms with van der Waals surface area (Å²) in [6.07, 6.45) is -4.89. The van der Waals surface area contributed by atoms with Gasteiger partial charge in [0.25, 0.3) is 0 Å². The van der Waals surface area contributed by atoms with Gasteiger partial charge >= 0.3 is 12.1 Å². The van der Waals surface area contributed by atoms with E-state index in [1.807, 2.05) is 0 Å². The molecule has 1 aromatic carbocycles. The largest absolute Gasteiger partial charge is 0.478 e. The van der Waals surface area contributed by atoms with Crippen LogP contribution >= 0.6 is 0 Å². The predicted octanol–water partition coefficient (Wildman–Crippen LogP) is 2.12. The minimum absolute atomic E-state index is 0.342. The number of halogens is 4. The number of nitrogens with two attached hydrogens (primary N) is 1. The molecule has 0 spiro atoms. The lowest BCUT2D eigenvalue weighted by atomic mass is 10.1. The summed E-state index contributed by atoms with van der Waals surface area (Å²) in [5.74, 6) is -3.34. The van der Waals surface area contributed by atoms with E-state index in [4.69, 9.17) is 10.8 Å². The van der Waals surface area contributed by atoms with Crippen LogP contribution in [0.1, 0.15) is 15.9 Å². The molecular formula is C8H5F4NO2. The maximum atomic E-state index is 13.0. The van der Waals surface area contributed by atoms with Gasteiger partial charge in [-0.25, -0.2) is 9.18 Å². The van der Waals surface area contributed by atoms with E-state index in [-0.39, 0.29) is 0 Å². The Morgan fingerprint density at radius 3 is 2.27 bits per heavy atom. The van der Waals surface area contributed by atoms with Crippen molar-refractivity contribution in [2.45, 2.75) is 6.18 Å². The Hall–Kier alpha value is -1.79. The van der Waals surface area contributed by atoms with E-state index >= 15 is 0 Å². The van der Waals surface area contributed by atoms with E-state index in [9.17, 15) is 22.4 Å². The zero-order valence-corrected chi connectivity index (χ0v) is 7.10. The van der Waals surface area contributed by atoms with Crippen molar-refractivity contribution in [2.75, 3.05) is 5.73 Å². The first-order valence-corrected chi connectivity index (χ1v) is 3.63. The van der Waals surface area contributed by atoms with Crippen LogP contribution in [0.5, 0.6) is 0 Å². The van der Waals surface area contributed by atoms with Crippen LogP contribution in [0, 0.1) is 5.82 Å². The summed E-state index contributed by atoms with van der Waals surface area (Å²) < 4.78 is 49.4. The highest BCUT2D eigenvalue weighted by atomic mass is 19.4. The molecule has 15 heavy (non-hydrogen) atoms. The van der Waals surface area contributed by atoms with Crippen LogP contribution in [0.15, 0.2) is 12.1 Å². The molecule has 0 atom stereocenters. The van der Waals surface area contributed by atoms with Crippen LogP contribution in [-0.4, -0.2) is 11.1 Å². The molecule has 0 aliphatic heterocycles. The third-order valence-electron chi connectivity index (χ3n) is 1.72. The Kier molecular flexibility index (Phi) is 2.57. The third kappa shape index (κ3) is 2.00. The molecule has 1 aromatic rings. The summed E-state index contributed by atoms with van der Waals surface area (Å²) in [4.78, 5) is 10.4. The molecule has 0 saturated heterocycles. The molecule has 0 aromatic heterocycles. The van der Waals surface area contributed by atoms with Gasteiger partial charge in [-0.1, -0.05) is 0 Å². The van der Waals surface area contributed by atoms with Gasteiger partial charge in [-0.15, -0.1) is 0 Å². The summed E-state index contributed by atoms with van der Waals surface area (Å²) in [5.41, 5.74) is 1.64. The molecule has 7 heteroatoms. The van der Waals surface area contributed by atoms with Crippen molar-refractivity contribution in [1.82, 2.24) is 0 Å². The maximum Gasteiger partial charge on any atom is 0.419 e. The fourth-order valence-electron chi connectivity index (χ4n) is 0.998. The zero-order valence-electron chi connectivity index (χ0n) is 7.10. The topological polar surface area (TPSA) is 63.3 Å². The summed E-state index contributed by atoms with van der Waals surface area (Å²) in [7, 11) is 0. The minimum Gasteiger partial charge on any atom is -0.478 e. The minimum atomic E-state index is -4.89. The van der Waals surface area contributed by atoms with Gasteiger partial charge in [0.05, 0.1) is 16.8 Å².